The second-order valence-corrected chi connectivity index (χ2v) is 11.3. The van der Waals surface area contributed by atoms with Crippen LogP contribution in [0.4, 0.5) is 26.0 Å². The van der Waals surface area contributed by atoms with Gasteiger partial charge < -0.3 is 10.1 Å². The van der Waals surface area contributed by atoms with Crippen LogP contribution in [0.25, 0.3) is 0 Å². The van der Waals surface area contributed by atoms with Crippen molar-refractivity contribution in [1.29, 1.82) is 0 Å². The Labute approximate surface area is 209 Å². The van der Waals surface area contributed by atoms with E-state index in [1.807, 2.05) is 22.6 Å². The molecule has 34 heavy (non-hydrogen) atoms. The number of hydrogen-bond acceptors (Lipinski definition) is 5. The molecule has 11 heteroatoms. The zero-order valence-electron chi connectivity index (χ0n) is 18.5. The third-order valence-corrected chi connectivity index (χ3v) is 8.25. The van der Waals surface area contributed by atoms with Crippen molar-refractivity contribution in [3.63, 3.8) is 0 Å². The van der Waals surface area contributed by atoms with E-state index >= 15 is 0 Å². The van der Waals surface area contributed by atoms with E-state index in [2.05, 4.69) is 10.0 Å². The fourth-order valence-electron chi connectivity index (χ4n) is 3.90. The zero-order chi connectivity index (χ0) is 24.8. The molecule has 0 saturated heterocycles. The average Bonchev–Trinajstić information content (AvgIpc) is 3.58. The first-order valence-electron chi connectivity index (χ1n) is 10.3. The van der Waals surface area contributed by atoms with E-state index in [0.717, 1.165) is 0 Å². The first-order valence-corrected chi connectivity index (χ1v) is 12.9. The van der Waals surface area contributed by atoms with Crippen molar-refractivity contribution in [2.45, 2.75) is 24.5 Å². The SMILES string of the molecule is COc1cc(F)ccc1C1CC1S(=O)(=O)Nc1cc(C)c(=O)n(C)c1Nc1ccc(I)cc1F. The molecule has 2 atom stereocenters. The number of halogens is 3. The highest BCUT2D eigenvalue weighted by molar-refractivity contribution is 14.1. The van der Waals surface area contributed by atoms with Gasteiger partial charge in [-0.1, -0.05) is 6.07 Å². The third-order valence-electron chi connectivity index (χ3n) is 5.76. The van der Waals surface area contributed by atoms with E-state index in [1.165, 1.54) is 55.1 Å². The molecule has 1 aliphatic carbocycles. The molecule has 2 unspecified atom stereocenters. The van der Waals surface area contributed by atoms with Gasteiger partial charge in [-0.3, -0.25) is 14.1 Å². The van der Waals surface area contributed by atoms with Gasteiger partial charge in [0.1, 0.15) is 23.2 Å². The predicted molar refractivity (Wildman–Crippen MR) is 135 cm³/mol. The number of rotatable bonds is 7. The summed E-state index contributed by atoms with van der Waals surface area (Å²) in [5.74, 6) is -0.989. The second kappa shape index (κ2) is 9.17. The van der Waals surface area contributed by atoms with Crippen molar-refractivity contribution in [3.8, 4) is 5.75 Å². The van der Waals surface area contributed by atoms with Gasteiger partial charge in [0.25, 0.3) is 5.56 Å². The highest BCUT2D eigenvalue weighted by Gasteiger charge is 2.49. The van der Waals surface area contributed by atoms with Crippen LogP contribution in [0.5, 0.6) is 5.75 Å². The molecule has 2 aromatic carbocycles. The molecule has 0 radical (unpaired) electrons. The molecule has 1 fully saturated rings. The Kier molecular flexibility index (Phi) is 6.60. The minimum absolute atomic E-state index is 0.0973. The lowest BCUT2D eigenvalue weighted by Gasteiger charge is -2.19. The number of anilines is 3. The summed E-state index contributed by atoms with van der Waals surface area (Å²) in [6.45, 7) is 1.57. The number of nitrogens with zero attached hydrogens (tertiary/aromatic N) is 1. The van der Waals surface area contributed by atoms with Gasteiger partial charge in [0.05, 0.1) is 23.7 Å². The van der Waals surface area contributed by atoms with E-state index < -0.39 is 26.9 Å². The molecule has 180 valence electrons. The van der Waals surface area contributed by atoms with Crippen LogP contribution in [0.3, 0.4) is 0 Å². The van der Waals surface area contributed by atoms with E-state index in [4.69, 9.17) is 4.74 Å². The standard InChI is InChI=1S/C23H22F2IN3O4S/c1-12-8-19(22(29(2)23(12)30)27-18-7-5-14(26)10-17(18)25)28-34(31,32)21-11-16(21)15-6-4-13(24)9-20(15)33-3/h4-10,16,21,27-28H,11H2,1-3H3. The van der Waals surface area contributed by atoms with Crippen LogP contribution in [0, 0.1) is 22.1 Å². The average molecular weight is 601 g/mol. The van der Waals surface area contributed by atoms with Gasteiger partial charge in [-0.2, -0.15) is 0 Å². The summed E-state index contributed by atoms with van der Waals surface area (Å²) < 4.78 is 64.2. The van der Waals surface area contributed by atoms with Gasteiger partial charge in [-0.05, 0) is 71.8 Å². The molecule has 1 saturated carbocycles. The fourth-order valence-corrected chi connectivity index (χ4v) is 6.01. The minimum Gasteiger partial charge on any atom is -0.496 e. The lowest BCUT2D eigenvalue weighted by atomic mass is 10.1. The smallest absolute Gasteiger partial charge is 0.254 e. The van der Waals surface area contributed by atoms with E-state index in [9.17, 15) is 22.0 Å². The normalized spacial score (nSPS) is 17.4. The number of aromatic nitrogens is 1. The highest BCUT2D eigenvalue weighted by Crippen LogP contribution is 2.49. The molecule has 1 aliphatic rings. The first kappa shape index (κ1) is 24.5. The Bertz CT molecular complexity index is 1440. The molecule has 0 amide bonds. The molecule has 7 nitrogen and oxygen atoms in total. The zero-order valence-corrected chi connectivity index (χ0v) is 21.5. The molecular formula is C23H22F2IN3O4S. The molecular weight excluding hydrogens is 579 g/mol. The summed E-state index contributed by atoms with van der Waals surface area (Å²) in [5.41, 5.74) is 0.794. The maximum atomic E-state index is 14.5. The van der Waals surface area contributed by atoms with Crippen LogP contribution >= 0.6 is 22.6 Å². The van der Waals surface area contributed by atoms with Crippen LogP contribution in [0.1, 0.15) is 23.5 Å². The van der Waals surface area contributed by atoms with Gasteiger partial charge in [0.2, 0.25) is 10.0 Å². The van der Waals surface area contributed by atoms with Crippen LogP contribution in [0.15, 0.2) is 47.3 Å². The van der Waals surface area contributed by atoms with Gasteiger partial charge in [0, 0.05) is 28.2 Å². The molecule has 0 spiro atoms. The molecule has 2 N–H and O–H groups in total. The van der Waals surface area contributed by atoms with Crippen molar-refractivity contribution < 1.29 is 21.9 Å². The Hall–Kier alpha value is -2.67. The maximum absolute atomic E-state index is 14.5. The Morgan fingerprint density at radius 3 is 2.53 bits per heavy atom. The number of hydrogen-bond donors (Lipinski definition) is 2. The Morgan fingerprint density at radius 2 is 1.85 bits per heavy atom. The van der Waals surface area contributed by atoms with Crippen molar-refractivity contribution in [1.82, 2.24) is 4.57 Å². The molecule has 0 aliphatic heterocycles. The monoisotopic (exact) mass is 601 g/mol. The summed E-state index contributed by atoms with van der Waals surface area (Å²) in [7, 11) is -1.02. The van der Waals surface area contributed by atoms with Crippen molar-refractivity contribution >= 4 is 49.8 Å². The van der Waals surface area contributed by atoms with Crippen molar-refractivity contribution in [2.24, 2.45) is 7.05 Å². The number of aryl methyl sites for hydroxylation is 1. The topological polar surface area (TPSA) is 89.4 Å². The summed E-state index contributed by atoms with van der Waals surface area (Å²) in [6.07, 6.45) is 0.330. The minimum atomic E-state index is -3.90. The lowest BCUT2D eigenvalue weighted by molar-refractivity contribution is 0.406. The number of pyridine rings is 1. The summed E-state index contributed by atoms with van der Waals surface area (Å²) in [6, 6.07) is 9.95. The van der Waals surface area contributed by atoms with E-state index in [-0.39, 0.29) is 34.4 Å². The number of benzene rings is 2. The van der Waals surface area contributed by atoms with E-state index in [1.54, 1.807) is 13.0 Å². The molecule has 1 aromatic heterocycles. The summed E-state index contributed by atoms with van der Waals surface area (Å²) in [4.78, 5) is 12.5. The third kappa shape index (κ3) is 4.76. The summed E-state index contributed by atoms with van der Waals surface area (Å²) >= 11 is 1.98. The van der Waals surface area contributed by atoms with Gasteiger partial charge in [-0.15, -0.1) is 0 Å². The first-order chi connectivity index (χ1) is 16.0. The van der Waals surface area contributed by atoms with Crippen molar-refractivity contribution in [3.05, 3.63) is 79.1 Å². The molecule has 4 rings (SSSR count). The molecule has 0 bridgehead atoms. The molecule has 1 heterocycles. The van der Waals surface area contributed by atoms with Crippen LogP contribution in [-0.2, 0) is 17.1 Å². The van der Waals surface area contributed by atoms with Gasteiger partial charge in [-0.25, -0.2) is 17.2 Å². The fraction of sp³-hybridized carbons (Fsp3) is 0.261. The largest absolute Gasteiger partial charge is 0.496 e. The predicted octanol–water partition coefficient (Wildman–Crippen LogP) is 4.63. The maximum Gasteiger partial charge on any atom is 0.254 e. The van der Waals surface area contributed by atoms with Crippen molar-refractivity contribution in [2.75, 3.05) is 17.1 Å². The van der Waals surface area contributed by atoms with Crippen LogP contribution < -0.4 is 20.3 Å². The van der Waals surface area contributed by atoms with Crippen LogP contribution in [0.2, 0.25) is 0 Å². The lowest BCUT2D eigenvalue weighted by Crippen LogP contribution is -2.26. The van der Waals surface area contributed by atoms with Crippen LogP contribution in [-0.4, -0.2) is 25.3 Å². The number of nitrogens with one attached hydrogen (secondary N) is 2. The van der Waals surface area contributed by atoms with E-state index in [0.29, 0.717) is 21.1 Å². The Balaban J connectivity index is 1.67. The number of sulfonamides is 1. The highest BCUT2D eigenvalue weighted by atomic mass is 127. The second-order valence-electron chi connectivity index (χ2n) is 8.12. The summed E-state index contributed by atoms with van der Waals surface area (Å²) in [5, 5.41) is 2.08. The van der Waals surface area contributed by atoms with Gasteiger partial charge in [0.15, 0.2) is 0 Å². The van der Waals surface area contributed by atoms with Gasteiger partial charge >= 0.3 is 0 Å². The molecule has 3 aromatic rings. The Morgan fingerprint density at radius 1 is 1.12 bits per heavy atom. The number of ether oxygens (including phenoxy) is 1. The number of methoxy groups -OCH3 is 1. The quantitative estimate of drug-likeness (QED) is 0.386.